The standard InChI is InChI=1S/C30H27IN2O4/c1-36-28(34)22-17-30(29(35)37-2)16-21-19-12-7-9-15-24(19)32-25(21)27(20-13-6-8-14-23(20)31)33(30)26(22)18-10-4-3-5-11-18/h3-15,22,26-27,32H,16-17H2,1-2H3/t22-,26-,27?,30-/m1/s1. The van der Waals surface area contributed by atoms with Crippen LogP contribution < -0.4 is 0 Å². The zero-order valence-electron chi connectivity index (χ0n) is 20.6. The molecule has 1 N–H and O–H groups in total. The molecule has 1 saturated heterocycles. The van der Waals surface area contributed by atoms with Gasteiger partial charge in [-0.3, -0.25) is 14.5 Å². The summed E-state index contributed by atoms with van der Waals surface area (Å²) in [5.74, 6) is -1.18. The number of carbonyl (C=O) groups excluding carboxylic acids is 2. The topological polar surface area (TPSA) is 71.6 Å². The van der Waals surface area contributed by atoms with E-state index < -0.39 is 11.5 Å². The molecule has 3 heterocycles. The molecule has 0 radical (unpaired) electrons. The van der Waals surface area contributed by atoms with Crippen LogP contribution in [0.4, 0.5) is 0 Å². The Morgan fingerprint density at radius 2 is 1.65 bits per heavy atom. The highest BCUT2D eigenvalue weighted by Crippen LogP contribution is 2.58. The van der Waals surface area contributed by atoms with Crippen LogP contribution in [0, 0.1) is 9.49 Å². The van der Waals surface area contributed by atoms with Crippen molar-refractivity contribution in [1.29, 1.82) is 0 Å². The number of benzene rings is 3. The molecule has 0 aliphatic carbocycles. The van der Waals surface area contributed by atoms with Gasteiger partial charge in [-0.15, -0.1) is 0 Å². The highest BCUT2D eigenvalue weighted by Gasteiger charge is 2.64. The number of H-pyrrole nitrogens is 1. The van der Waals surface area contributed by atoms with E-state index in [9.17, 15) is 9.59 Å². The maximum atomic E-state index is 13.9. The molecule has 7 heteroatoms. The lowest BCUT2D eigenvalue weighted by molar-refractivity contribution is -0.156. The molecule has 188 valence electrons. The first-order valence-electron chi connectivity index (χ1n) is 12.3. The van der Waals surface area contributed by atoms with Gasteiger partial charge in [-0.1, -0.05) is 66.7 Å². The normalized spacial score (nSPS) is 24.9. The molecule has 0 saturated carbocycles. The van der Waals surface area contributed by atoms with Crippen LogP contribution in [0.1, 0.15) is 40.9 Å². The summed E-state index contributed by atoms with van der Waals surface area (Å²) in [5.41, 5.74) is 4.19. The van der Waals surface area contributed by atoms with Gasteiger partial charge in [0, 0.05) is 26.6 Å². The Labute approximate surface area is 229 Å². The van der Waals surface area contributed by atoms with E-state index >= 15 is 0 Å². The molecule has 0 spiro atoms. The summed E-state index contributed by atoms with van der Waals surface area (Å²) in [5, 5.41) is 1.09. The Kier molecular flexibility index (Phi) is 6.07. The molecule has 2 aliphatic heterocycles. The second-order valence-corrected chi connectivity index (χ2v) is 10.9. The fraction of sp³-hybridized carbons (Fsp3) is 0.267. The minimum Gasteiger partial charge on any atom is -0.469 e. The lowest BCUT2D eigenvalue weighted by atomic mass is 9.78. The molecule has 1 unspecified atom stereocenters. The fourth-order valence-corrected chi connectivity index (χ4v) is 7.23. The molecule has 2 aliphatic rings. The van der Waals surface area contributed by atoms with E-state index in [0.29, 0.717) is 12.8 Å². The van der Waals surface area contributed by atoms with Crippen molar-refractivity contribution in [2.75, 3.05) is 14.2 Å². The molecule has 0 bridgehead atoms. The quantitative estimate of drug-likeness (QED) is 0.243. The third kappa shape index (κ3) is 3.62. The summed E-state index contributed by atoms with van der Waals surface area (Å²) in [6.07, 6.45) is 0.751. The number of methoxy groups -OCH3 is 2. The lowest BCUT2D eigenvalue weighted by Gasteiger charge is -2.47. The van der Waals surface area contributed by atoms with Crippen molar-refractivity contribution >= 4 is 45.4 Å². The molecule has 4 aromatic rings. The number of carbonyl (C=O) groups is 2. The first-order valence-corrected chi connectivity index (χ1v) is 13.4. The number of halogens is 1. The largest absolute Gasteiger partial charge is 0.469 e. The van der Waals surface area contributed by atoms with Crippen LogP contribution in [-0.4, -0.2) is 41.6 Å². The molecule has 4 atom stereocenters. The number of fused-ring (bicyclic) bond motifs is 4. The third-order valence-electron chi connectivity index (χ3n) is 8.01. The highest BCUT2D eigenvalue weighted by atomic mass is 127. The van der Waals surface area contributed by atoms with E-state index in [1.807, 2.05) is 54.6 Å². The average Bonchev–Trinajstić information content (AvgIpc) is 3.48. The van der Waals surface area contributed by atoms with Crippen LogP contribution in [0.3, 0.4) is 0 Å². The predicted molar refractivity (Wildman–Crippen MR) is 149 cm³/mol. The molecule has 3 aromatic carbocycles. The third-order valence-corrected chi connectivity index (χ3v) is 8.99. The van der Waals surface area contributed by atoms with Crippen molar-refractivity contribution in [3.63, 3.8) is 0 Å². The Bertz CT molecular complexity index is 1500. The van der Waals surface area contributed by atoms with Gasteiger partial charge in [-0.25, -0.2) is 0 Å². The second kappa shape index (κ2) is 9.29. The Balaban J connectivity index is 1.70. The summed E-state index contributed by atoms with van der Waals surface area (Å²) in [7, 11) is 2.85. The molecule has 6 nitrogen and oxygen atoms in total. The smallest absolute Gasteiger partial charge is 0.326 e. The highest BCUT2D eigenvalue weighted by molar-refractivity contribution is 14.1. The van der Waals surface area contributed by atoms with Gasteiger partial charge >= 0.3 is 11.9 Å². The van der Waals surface area contributed by atoms with Crippen LogP contribution in [0.25, 0.3) is 10.9 Å². The van der Waals surface area contributed by atoms with Crippen LogP contribution in [0.15, 0.2) is 78.9 Å². The van der Waals surface area contributed by atoms with Crippen molar-refractivity contribution in [3.8, 4) is 0 Å². The number of nitrogens with one attached hydrogen (secondary N) is 1. The SMILES string of the molecule is COC(=O)[C@@H]1C[C@@]2(C(=O)OC)Cc3c([nH]c4ccccc34)C(c3ccccc3I)N2[C@@H]1c1ccccc1. The van der Waals surface area contributed by atoms with E-state index in [1.54, 1.807) is 0 Å². The number of aromatic nitrogens is 1. The molecule has 1 aromatic heterocycles. The van der Waals surface area contributed by atoms with Gasteiger partial charge in [-0.05, 0) is 57.8 Å². The number of rotatable bonds is 4. The Hall–Kier alpha value is -3.17. The number of nitrogens with zero attached hydrogens (tertiary/aromatic N) is 1. The number of esters is 2. The maximum Gasteiger partial charge on any atom is 0.326 e. The van der Waals surface area contributed by atoms with Crippen molar-refractivity contribution < 1.29 is 19.1 Å². The first-order chi connectivity index (χ1) is 18.0. The minimum atomic E-state index is -1.05. The van der Waals surface area contributed by atoms with Gasteiger partial charge in [-0.2, -0.15) is 0 Å². The van der Waals surface area contributed by atoms with E-state index in [1.165, 1.54) is 14.2 Å². The first kappa shape index (κ1) is 24.2. The monoisotopic (exact) mass is 606 g/mol. The van der Waals surface area contributed by atoms with E-state index in [2.05, 4.69) is 56.7 Å². The summed E-state index contributed by atoms with van der Waals surface area (Å²) in [6, 6.07) is 25.7. The van der Waals surface area contributed by atoms with Gasteiger partial charge in [0.2, 0.25) is 0 Å². The Morgan fingerprint density at radius 3 is 2.38 bits per heavy atom. The minimum absolute atomic E-state index is 0.303. The summed E-state index contributed by atoms with van der Waals surface area (Å²) >= 11 is 2.36. The fourth-order valence-electron chi connectivity index (χ4n) is 6.55. The molecule has 0 amide bonds. The van der Waals surface area contributed by atoms with Crippen LogP contribution in [-0.2, 0) is 25.5 Å². The van der Waals surface area contributed by atoms with E-state index in [0.717, 1.165) is 36.9 Å². The van der Waals surface area contributed by atoms with Crippen LogP contribution >= 0.6 is 22.6 Å². The predicted octanol–water partition coefficient (Wildman–Crippen LogP) is 5.57. The summed E-state index contributed by atoms with van der Waals surface area (Å²) < 4.78 is 11.9. The number of aromatic amines is 1. The average molecular weight is 606 g/mol. The van der Waals surface area contributed by atoms with Crippen molar-refractivity contribution in [2.45, 2.75) is 30.5 Å². The zero-order chi connectivity index (χ0) is 25.7. The van der Waals surface area contributed by atoms with Crippen molar-refractivity contribution in [1.82, 2.24) is 9.88 Å². The van der Waals surface area contributed by atoms with Gasteiger partial charge in [0.15, 0.2) is 0 Å². The van der Waals surface area contributed by atoms with Gasteiger partial charge in [0.05, 0.1) is 32.2 Å². The molecular formula is C30H27IN2O4. The number of ether oxygens (including phenoxy) is 2. The molecule has 37 heavy (non-hydrogen) atoms. The summed E-state index contributed by atoms with van der Waals surface area (Å²) in [6.45, 7) is 0. The van der Waals surface area contributed by atoms with Crippen molar-refractivity contribution in [3.05, 3.63) is 105 Å². The zero-order valence-corrected chi connectivity index (χ0v) is 22.8. The van der Waals surface area contributed by atoms with Gasteiger partial charge in [0.1, 0.15) is 5.54 Å². The van der Waals surface area contributed by atoms with E-state index in [4.69, 9.17) is 9.47 Å². The van der Waals surface area contributed by atoms with Crippen LogP contribution in [0.5, 0.6) is 0 Å². The Morgan fingerprint density at radius 1 is 0.946 bits per heavy atom. The number of hydrogen-bond donors (Lipinski definition) is 1. The van der Waals surface area contributed by atoms with E-state index in [-0.39, 0.29) is 24.0 Å². The lowest BCUT2D eigenvalue weighted by Crippen LogP contribution is -2.57. The molecule has 6 rings (SSSR count). The van der Waals surface area contributed by atoms with Crippen molar-refractivity contribution in [2.24, 2.45) is 5.92 Å². The molecular weight excluding hydrogens is 579 g/mol. The number of hydrogen-bond acceptors (Lipinski definition) is 5. The second-order valence-electron chi connectivity index (χ2n) is 9.78. The maximum absolute atomic E-state index is 13.9. The van der Waals surface area contributed by atoms with Crippen LogP contribution in [0.2, 0.25) is 0 Å². The summed E-state index contributed by atoms with van der Waals surface area (Å²) in [4.78, 5) is 33.2. The van der Waals surface area contributed by atoms with Gasteiger partial charge in [0.25, 0.3) is 0 Å². The van der Waals surface area contributed by atoms with Gasteiger partial charge < -0.3 is 14.5 Å². The molecule has 1 fully saturated rings. The number of para-hydroxylation sites is 1.